The fourth-order valence-electron chi connectivity index (χ4n) is 0. The van der Waals surface area contributed by atoms with Crippen molar-refractivity contribution in [3.05, 3.63) is 5.21 Å². The Morgan fingerprint density at radius 2 is 1.00 bits per heavy atom. The van der Waals surface area contributed by atoms with Crippen molar-refractivity contribution in [1.29, 1.82) is 0 Å². The summed E-state index contributed by atoms with van der Waals surface area (Å²) >= 11 is 0. The first kappa shape index (κ1) is 22.6. The Bertz CT molecular complexity index is 30.7. The quantitative estimate of drug-likeness (QED) is 0.271. The van der Waals surface area contributed by atoms with E-state index in [1.165, 1.54) is 0 Å². The Kier molecular flexibility index (Phi) is 35.9. The fourth-order valence-corrected chi connectivity index (χ4v) is 0. The molecule has 6 nitrogen and oxygen atoms in total. The molecule has 0 rings (SSSR count). The average molecular weight is 156 g/mol. The van der Waals surface area contributed by atoms with Gasteiger partial charge in [-0.2, -0.15) is 0 Å². The van der Waals surface area contributed by atoms with Crippen molar-refractivity contribution in [2.75, 3.05) is 28.2 Å². The zero-order valence-electron chi connectivity index (χ0n) is 7.16. The summed E-state index contributed by atoms with van der Waals surface area (Å²) in [5.74, 6) is 6.75. The third-order valence-electron chi connectivity index (χ3n) is 0. The van der Waals surface area contributed by atoms with Crippen molar-refractivity contribution in [1.82, 2.24) is 6.15 Å². The molecule has 0 heterocycles. The van der Waals surface area contributed by atoms with E-state index in [4.69, 9.17) is 10.4 Å². The number of nitrogens with two attached hydrogens (primary N) is 2. The monoisotopic (exact) mass is 156 g/mol. The molecule has 0 aromatic carbocycles. The van der Waals surface area contributed by atoms with Crippen LogP contribution >= 0.6 is 0 Å². The zero-order chi connectivity index (χ0) is 8.50. The van der Waals surface area contributed by atoms with Crippen LogP contribution < -0.4 is 17.9 Å². The lowest BCUT2D eigenvalue weighted by Crippen LogP contribution is -2.27. The summed E-state index contributed by atoms with van der Waals surface area (Å²) in [4.78, 5) is 0. The first-order chi connectivity index (χ1) is 4.00. The normalized spacial score (nSPS) is 7.20. The van der Waals surface area contributed by atoms with Gasteiger partial charge in [0.15, 0.2) is 0 Å². The molecule has 0 unspecified atom stereocenters. The molecule has 0 amide bonds. The summed E-state index contributed by atoms with van der Waals surface area (Å²) in [6.45, 7) is 0. The van der Waals surface area contributed by atoms with Crippen LogP contribution in [0.5, 0.6) is 0 Å². The first-order valence-corrected chi connectivity index (χ1v) is 2.28. The van der Waals surface area contributed by atoms with Gasteiger partial charge < -0.3 is 26.9 Å². The Hall–Kier alpha value is -0.240. The molecule has 0 fully saturated rings. The summed E-state index contributed by atoms with van der Waals surface area (Å²) < 4.78 is 1.00. The number of quaternary nitrogens is 1. The molecular weight excluding hydrogens is 136 g/mol. The molecule has 0 bridgehead atoms. The third kappa shape index (κ3) is 6160. The molecule has 0 aliphatic heterocycles. The number of nitrogens with zero attached hydrogens (tertiary/aromatic N) is 1. The van der Waals surface area contributed by atoms with Gasteiger partial charge in [-0.3, -0.25) is 0 Å². The van der Waals surface area contributed by atoms with Gasteiger partial charge in [-0.1, -0.05) is 0 Å². The van der Waals surface area contributed by atoms with Crippen LogP contribution in [0.15, 0.2) is 0 Å². The first-order valence-electron chi connectivity index (χ1n) is 2.28. The molecular formula is C4H20N4O2. The molecule has 0 aromatic rings. The number of hydrogen-bond acceptors (Lipinski definition) is 5. The van der Waals surface area contributed by atoms with Crippen molar-refractivity contribution in [2.45, 2.75) is 0 Å². The third-order valence-corrected chi connectivity index (χ3v) is 0. The Morgan fingerprint density at radius 3 is 1.00 bits per heavy atom. The van der Waals surface area contributed by atoms with Crippen LogP contribution in [-0.2, 0) is 0 Å². The van der Waals surface area contributed by atoms with Crippen LogP contribution in [0.2, 0.25) is 0 Å². The molecule has 0 atom stereocenters. The topological polar surface area (TPSA) is 130 Å². The van der Waals surface area contributed by atoms with E-state index in [-0.39, 0.29) is 6.15 Å². The van der Waals surface area contributed by atoms with Crippen molar-refractivity contribution in [3.63, 3.8) is 0 Å². The summed E-state index contributed by atoms with van der Waals surface area (Å²) in [7, 11) is 8.50. The van der Waals surface area contributed by atoms with Crippen LogP contribution in [0.4, 0.5) is 0 Å². The van der Waals surface area contributed by atoms with Crippen molar-refractivity contribution in [3.8, 4) is 0 Å². The molecule has 0 aliphatic rings. The van der Waals surface area contributed by atoms with Crippen LogP contribution in [0.25, 0.3) is 0 Å². The molecule has 6 heteroatoms. The summed E-state index contributed by atoms with van der Waals surface area (Å²) in [5, 5.41) is 14.2. The highest BCUT2D eigenvalue weighted by atomic mass is 16.4. The van der Waals surface area contributed by atoms with Gasteiger partial charge in [0, 0.05) is 0 Å². The van der Waals surface area contributed by atoms with Crippen LogP contribution in [0.3, 0.4) is 0 Å². The number of rotatable bonds is 0. The van der Waals surface area contributed by atoms with E-state index in [1.807, 2.05) is 0 Å². The van der Waals surface area contributed by atoms with E-state index in [1.54, 1.807) is 0 Å². The molecule has 0 spiro atoms. The molecule has 0 aliphatic carbocycles. The van der Waals surface area contributed by atoms with Crippen molar-refractivity contribution < 1.29 is 9.69 Å². The van der Waals surface area contributed by atoms with E-state index in [0.717, 1.165) is 4.48 Å². The highest BCUT2D eigenvalue weighted by Gasteiger charge is 1.88. The van der Waals surface area contributed by atoms with Gasteiger partial charge >= 0.3 is 0 Å². The largest absolute Gasteiger partial charge is 0.790 e. The molecule has 8 N–H and O–H groups in total. The fraction of sp³-hybridized carbons (Fsp3) is 1.00. The Morgan fingerprint density at radius 1 is 1.00 bits per heavy atom. The van der Waals surface area contributed by atoms with Gasteiger partial charge in [0.05, 0.1) is 28.2 Å². The molecule has 0 saturated carbocycles. The van der Waals surface area contributed by atoms with Crippen molar-refractivity contribution in [2.24, 2.45) is 11.8 Å². The number of hydrogen-bond donors (Lipinski definition) is 4. The Labute approximate surface area is 62.1 Å². The lowest BCUT2D eigenvalue weighted by atomic mass is 10.8. The van der Waals surface area contributed by atoms with Crippen molar-refractivity contribution >= 4 is 0 Å². The predicted octanol–water partition coefficient (Wildman–Crippen LogP) is -0.738. The minimum Gasteiger partial charge on any atom is -0.790 e. The van der Waals surface area contributed by atoms with E-state index >= 15 is 0 Å². The van der Waals surface area contributed by atoms with E-state index < -0.39 is 0 Å². The molecule has 0 aromatic heterocycles. The maximum Gasteiger partial charge on any atom is 0.0675 e. The second kappa shape index (κ2) is 15.9. The lowest BCUT2D eigenvalue weighted by molar-refractivity contribution is -0.849. The summed E-state index contributed by atoms with van der Waals surface area (Å²) in [5.41, 5.74) is 0. The van der Waals surface area contributed by atoms with Gasteiger partial charge in [-0.05, 0) is 0 Å². The van der Waals surface area contributed by atoms with Gasteiger partial charge in [0.25, 0.3) is 0 Å². The van der Waals surface area contributed by atoms with Gasteiger partial charge in [0.1, 0.15) is 0 Å². The second-order valence-electron chi connectivity index (χ2n) is 2.68. The molecule has 0 saturated heterocycles. The standard InChI is InChI=1S/C4H12N.H3NO.H2NO.H3N/c1-5(2,3)4;2*1-2;/h1-4H3;2H,1H2;1H2;1H3/q+1;;-1;. The van der Waals surface area contributed by atoms with E-state index in [2.05, 4.69) is 40.0 Å². The van der Waals surface area contributed by atoms with E-state index in [9.17, 15) is 0 Å². The summed E-state index contributed by atoms with van der Waals surface area (Å²) in [6, 6.07) is 0. The van der Waals surface area contributed by atoms with Gasteiger partial charge in [-0.15, -0.1) is 0 Å². The molecule has 10 heavy (non-hydrogen) atoms. The van der Waals surface area contributed by atoms with Gasteiger partial charge in [0.2, 0.25) is 0 Å². The summed E-state index contributed by atoms with van der Waals surface area (Å²) in [6.07, 6.45) is 0. The SMILES string of the molecule is C[N+](C)(C)C.N.NO.N[O-]. The maximum absolute atomic E-state index is 7.75. The van der Waals surface area contributed by atoms with Crippen LogP contribution in [0, 0.1) is 5.21 Å². The van der Waals surface area contributed by atoms with Gasteiger partial charge in [-0.25, -0.2) is 5.90 Å². The second-order valence-corrected chi connectivity index (χ2v) is 2.68. The highest BCUT2D eigenvalue weighted by Crippen LogP contribution is 1.73. The minimum atomic E-state index is 0. The molecule has 68 valence electrons. The van der Waals surface area contributed by atoms with Crippen LogP contribution in [0.1, 0.15) is 0 Å². The molecule has 0 radical (unpaired) electrons. The Balaban J connectivity index is -0.0000000315. The van der Waals surface area contributed by atoms with E-state index in [0.29, 0.717) is 0 Å². The highest BCUT2D eigenvalue weighted by molar-refractivity contribution is 3.96. The smallest absolute Gasteiger partial charge is 0.0675 e. The maximum atomic E-state index is 7.75. The average Bonchev–Trinajstić information content (AvgIpc) is 1.72. The minimum absolute atomic E-state index is 0. The predicted molar refractivity (Wildman–Crippen MR) is 42.5 cm³/mol. The lowest BCUT2D eigenvalue weighted by Gasteiger charge is -2.14. The van der Waals surface area contributed by atoms with Crippen LogP contribution in [-0.4, -0.2) is 37.9 Å². The zero-order valence-corrected chi connectivity index (χ0v) is 7.16.